The molecule has 1 aliphatic carbocycles. The number of phenols is 1. The van der Waals surface area contributed by atoms with E-state index in [1.54, 1.807) is 41.2 Å². The maximum Gasteiger partial charge on any atom is 0.523 e. The van der Waals surface area contributed by atoms with Gasteiger partial charge in [-0.3, -0.25) is 4.74 Å². The van der Waals surface area contributed by atoms with Gasteiger partial charge < -0.3 is 19.3 Å². The molecule has 1 saturated heterocycles. The molecule has 5 rings (SSSR count). The number of hydrogen-bond acceptors (Lipinski definition) is 7. The van der Waals surface area contributed by atoms with Crippen LogP contribution in [-0.4, -0.2) is 63.4 Å². The lowest BCUT2D eigenvalue weighted by Crippen LogP contribution is -2.37. The van der Waals surface area contributed by atoms with Crippen LogP contribution in [0.1, 0.15) is 6.42 Å². The number of nitrogens with zero attached hydrogens (tertiary/aromatic N) is 5. The van der Waals surface area contributed by atoms with E-state index in [4.69, 9.17) is 14.7 Å². The molecule has 1 fully saturated rings. The maximum atomic E-state index is 12.7. The van der Waals surface area contributed by atoms with Gasteiger partial charge in [-0.2, -0.15) is 4.98 Å². The van der Waals surface area contributed by atoms with Gasteiger partial charge in [-0.25, -0.2) is 9.97 Å². The Bertz CT molecular complexity index is 1250. The number of benzene rings is 1. The molecule has 34 heavy (non-hydrogen) atoms. The van der Waals surface area contributed by atoms with Crippen LogP contribution in [-0.2, 0) is 16.0 Å². The van der Waals surface area contributed by atoms with E-state index in [-0.39, 0.29) is 18.7 Å². The van der Waals surface area contributed by atoms with Crippen molar-refractivity contribution in [2.24, 2.45) is 0 Å². The second-order valence-electron chi connectivity index (χ2n) is 8.05. The number of halogens is 3. The standard InChI is InChI=1S/C23H22F3N5O3/c24-23(25,26)34-18-6-1-3-15(11-18)13-31-14-27-20-19(16-4-2-5-17(32)12-16)28-22(29-21(20)31)30-7-9-33-10-8-30/h1-5,11-12,14,18,32H,6-10,13H2. The van der Waals surface area contributed by atoms with E-state index in [1.165, 1.54) is 6.08 Å². The zero-order valence-corrected chi connectivity index (χ0v) is 18.1. The summed E-state index contributed by atoms with van der Waals surface area (Å²) in [7, 11) is 0. The fourth-order valence-electron chi connectivity index (χ4n) is 4.08. The van der Waals surface area contributed by atoms with Gasteiger partial charge in [0.1, 0.15) is 17.0 Å². The Balaban J connectivity index is 1.54. The third kappa shape index (κ3) is 4.90. The summed E-state index contributed by atoms with van der Waals surface area (Å²) in [6, 6.07) is 6.73. The molecule has 3 aromatic rings. The normalized spacial score (nSPS) is 19.0. The van der Waals surface area contributed by atoms with Gasteiger partial charge in [0.05, 0.1) is 32.2 Å². The Hall–Kier alpha value is -3.44. The number of alkyl halides is 3. The van der Waals surface area contributed by atoms with Crippen LogP contribution in [0.5, 0.6) is 5.75 Å². The lowest BCUT2D eigenvalue weighted by molar-refractivity contribution is -0.336. The number of aromatic hydroxyl groups is 1. The van der Waals surface area contributed by atoms with Crippen molar-refractivity contribution in [3.8, 4) is 17.0 Å². The molecular formula is C23H22F3N5O3. The first-order chi connectivity index (χ1) is 16.4. The van der Waals surface area contributed by atoms with Crippen molar-refractivity contribution in [2.75, 3.05) is 31.2 Å². The van der Waals surface area contributed by atoms with Crippen molar-refractivity contribution >= 4 is 17.1 Å². The number of anilines is 1. The number of aromatic nitrogens is 4. The minimum Gasteiger partial charge on any atom is -0.508 e. The second kappa shape index (κ2) is 9.07. The summed E-state index contributed by atoms with van der Waals surface area (Å²) < 4.78 is 49.4. The third-order valence-corrected chi connectivity index (χ3v) is 5.60. The molecule has 8 nitrogen and oxygen atoms in total. The van der Waals surface area contributed by atoms with Crippen LogP contribution in [0, 0.1) is 0 Å². The minimum atomic E-state index is -4.70. The first-order valence-electron chi connectivity index (χ1n) is 10.8. The molecule has 1 unspecified atom stereocenters. The van der Waals surface area contributed by atoms with Crippen molar-refractivity contribution in [1.29, 1.82) is 0 Å². The van der Waals surface area contributed by atoms with E-state index in [0.717, 1.165) is 0 Å². The highest BCUT2D eigenvalue weighted by molar-refractivity contribution is 5.88. The third-order valence-electron chi connectivity index (χ3n) is 5.60. The Kier molecular flexibility index (Phi) is 5.96. The number of phenolic OH excluding ortho intramolecular Hbond substituents is 1. The van der Waals surface area contributed by atoms with Crippen molar-refractivity contribution in [3.05, 3.63) is 54.4 Å². The van der Waals surface area contributed by atoms with E-state index in [0.29, 0.717) is 60.2 Å². The second-order valence-corrected chi connectivity index (χ2v) is 8.05. The van der Waals surface area contributed by atoms with Gasteiger partial charge in [-0.1, -0.05) is 30.4 Å². The van der Waals surface area contributed by atoms with Crippen molar-refractivity contribution in [2.45, 2.75) is 25.4 Å². The average molecular weight is 473 g/mol. The predicted octanol–water partition coefficient (Wildman–Crippen LogP) is 3.83. The van der Waals surface area contributed by atoms with E-state index >= 15 is 0 Å². The van der Waals surface area contributed by atoms with Crippen molar-refractivity contribution < 1.29 is 27.8 Å². The summed E-state index contributed by atoms with van der Waals surface area (Å²) in [5.74, 6) is 0.604. The smallest absolute Gasteiger partial charge is 0.508 e. The van der Waals surface area contributed by atoms with Crippen LogP contribution in [0.25, 0.3) is 22.4 Å². The van der Waals surface area contributed by atoms with Gasteiger partial charge in [0, 0.05) is 18.7 Å². The molecule has 0 saturated carbocycles. The highest BCUT2D eigenvalue weighted by Crippen LogP contribution is 2.31. The molecule has 2 aliphatic rings. The number of hydrogen-bond donors (Lipinski definition) is 1. The zero-order chi connectivity index (χ0) is 23.7. The number of imidazole rings is 1. The van der Waals surface area contributed by atoms with Gasteiger partial charge in [-0.05, 0) is 24.1 Å². The van der Waals surface area contributed by atoms with Gasteiger partial charge in [0.25, 0.3) is 0 Å². The molecule has 1 N–H and O–H groups in total. The monoisotopic (exact) mass is 473 g/mol. The number of morpholine rings is 1. The van der Waals surface area contributed by atoms with Crippen LogP contribution >= 0.6 is 0 Å². The molecule has 1 aliphatic heterocycles. The minimum absolute atomic E-state index is 0.102. The van der Waals surface area contributed by atoms with E-state index in [2.05, 4.69) is 9.72 Å². The summed E-state index contributed by atoms with van der Waals surface area (Å²) in [6.45, 7) is 2.64. The zero-order valence-electron chi connectivity index (χ0n) is 18.1. The number of allylic oxidation sites excluding steroid dienone is 2. The molecule has 3 heterocycles. The van der Waals surface area contributed by atoms with E-state index < -0.39 is 12.5 Å². The maximum absolute atomic E-state index is 12.7. The van der Waals surface area contributed by atoms with Gasteiger partial charge in [0.2, 0.25) is 5.95 Å². The summed E-state index contributed by atoms with van der Waals surface area (Å²) in [5.41, 5.74) is 2.98. The van der Waals surface area contributed by atoms with Gasteiger partial charge in [-0.15, -0.1) is 13.2 Å². The summed E-state index contributed by atoms with van der Waals surface area (Å²) >= 11 is 0. The Morgan fingerprint density at radius 2 is 2.00 bits per heavy atom. The average Bonchev–Trinajstić information content (AvgIpc) is 3.21. The number of ether oxygens (including phenoxy) is 2. The Morgan fingerprint density at radius 3 is 2.76 bits per heavy atom. The molecule has 1 aromatic carbocycles. The van der Waals surface area contributed by atoms with Crippen LogP contribution in [0.3, 0.4) is 0 Å². The first-order valence-corrected chi connectivity index (χ1v) is 10.8. The van der Waals surface area contributed by atoms with Gasteiger partial charge >= 0.3 is 6.36 Å². The van der Waals surface area contributed by atoms with E-state index in [9.17, 15) is 18.3 Å². The van der Waals surface area contributed by atoms with Crippen molar-refractivity contribution in [3.63, 3.8) is 0 Å². The summed E-state index contributed by atoms with van der Waals surface area (Å²) in [5, 5.41) is 9.99. The lowest BCUT2D eigenvalue weighted by atomic mass is 10.0. The molecule has 2 aromatic heterocycles. The molecule has 0 bridgehead atoms. The predicted molar refractivity (Wildman–Crippen MR) is 118 cm³/mol. The fraction of sp³-hybridized carbons (Fsp3) is 0.348. The first kappa shape index (κ1) is 22.4. The number of fused-ring (bicyclic) bond motifs is 1. The number of rotatable bonds is 5. The molecule has 178 valence electrons. The fourth-order valence-corrected chi connectivity index (χ4v) is 4.08. The van der Waals surface area contributed by atoms with Crippen LogP contribution in [0.15, 0.2) is 54.4 Å². The molecule has 0 spiro atoms. The van der Waals surface area contributed by atoms with Gasteiger partial charge in [0.15, 0.2) is 5.65 Å². The largest absolute Gasteiger partial charge is 0.523 e. The molecule has 0 radical (unpaired) electrons. The molecular weight excluding hydrogens is 451 g/mol. The van der Waals surface area contributed by atoms with Crippen LogP contribution in [0.2, 0.25) is 0 Å². The topological polar surface area (TPSA) is 85.5 Å². The molecule has 1 atom stereocenters. The summed E-state index contributed by atoms with van der Waals surface area (Å²) in [6.07, 6.45) is 0.890. The quantitative estimate of drug-likeness (QED) is 0.603. The Labute approximate surface area is 193 Å². The Morgan fingerprint density at radius 1 is 1.18 bits per heavy atom. The molecule has 11 heteroatoms. The van der Waals surface area contributed by atoms with Crippen LogP contribution in [0.4, 0.5) is 19.1 Å². The SMILES string of the molecule is Oc1cccc(-c2nc(N3CCOCC3)nc3c2ncn3CC2=CC(OC(F)(F)F)CC=C2)c1. The van der Waals surface area contributed by atoms with Crippen LogP contribution < -0.4 is 4.90 Å². The lowest BCUT2D eigenvalue weighted by Gasteiger charge is -2.27. The molecule has 0 amide bonds. The summed E-state index contributed by atoms with van der Waals surface area (Å²) in [4.78, 5) is 16.0. The van der Waals surface area contributed by atoms with Crippen molar-refractivity contribution in [1.82, 2.24) is 19.5 Å². The highest BCUT2D eigenvalue weighted by atomic mass is 19.4. The highest BCUT2D eigenvalue weighted by Gasteiger charge is 2.33. The van der Waals surface area contributed by atoms with E-state index in [1.807, 2.05) is 11.0 Å².